The first kappa shape index (κ1) is 13.7. The minimum Gasteiger partial charge on any atom is -0.497 e. The van der Waals surface area contributed by atoms with Crippen LogP contribution in [0.4, 0.5) is 0 Å². The molecule has 0 aliphatic heterocycles. The second-order valence-corrected chi connectivity index (χ2v) is 4.18. The summed E-state index contributed by atoms with van der Waals surface area (Å²) >= 11 is 0. The van der Waals surface area contributed by atoms with Gasteiger partial charge in [-0.05, 0) is 24.6 Å². The normalized spacial score (nSPS) is 10.1. The molecule has 5 nitrogen and oxygen atoms in total. The summed E-state index contributed by atoms with van der Waals surface area (Å²) in [5.74, 6) is 0.528. The van der Waals surface area contributed by atoms with Gasteiger partial charge in [0.1, 0.15) is 17.4 Å². The highest BCUT2D eigenvalue weighted by Crippen LogP contribution is 2.26. The van der Waals surface area contributed by atoms with Crippen molar-refractivity contribution in [2.45, 2.75) is 13.5 Å². The summed E-state index contributed by atoms with van der Waals surface area (Å²) in [7, 11) is 1.56. The lowest BCUT2D eigenvalue weighted by atomic mass is 10.0. The fraction of sp³-hybridized carbons (Fsp3) is 0.200. The van der Waals surface area contributed by atoms with Gasteiger partial charge in [-0.25, -0.2) is 0 Å². The number of hydrogen-bond acceptors (Lipinski definition) is 4. The molecule has 1 N–H and O–H groups in total. The van der Waals surface area contributed by atoms with Gasteiger partial charge in [0.25, 0.3) is 5.56 Å². The largest absolute Gasteiger partial charge is 0.497 e. The van der Waals surface area contributed by atoms with Crippen LogP contribution in [-0.2, 0) is 6.54 Å². The number of nitrogens with zero attached hydrogens (tertiary/aromatic N) is 2. The van der Waals surface area contributed by atoms with Crippen molar-refractivity contribution < 1.29 is 9.84 Å². The number of aromatic nitrogens is 1. The van der Waals surface area contributed by atoms with E-state index in [9.17, 15) is 15.2 Å². The molecule has 1 aromatic carbocycles. The first-order valence-corrected chi connectivity index (χ1v) is 6.13. The predicted octanol–water partition coefficient (Wildman–Crippen LogP) is 2.12. The highest BCUT2D eigenvalue weighted by atomic mass is 16.5. The van der Waals surface area contributed by atoms with E-state index in [1.54, 1.807) is 38.3 Å². The van der Waals surface area contributed by atoms with Gasteiger partial charge in [-0.3, -0.25) is 9.36 Å². The Bertz CT molecular complexity index is 725. The van der Waals surface area contributed by atoms with E-state index < -0.39 is 5.56 Å². The van der Waals surface area contributed by atoms with E-state index >= 15 is 0 Å². The standard InChI is InChI=1S/C15H14N2O3/c1-3-17-14(18)8-12(13(9-16)15(17)19)10-4-6-11(20-2)7-5-10/h4-8,18H,3H2,1-2H3. The SMILES string of the molecule is CCn1c(O)cc(-c2ccc(OC)cc2)c(C#N)c1=O. The van der Waals surface area contributed by atoms with Crippen LogP contribution >= 0.6 is 0 Å². The smallest absolute Gasteiger partial charge is 0.271 e. The van der Waals surface area contributed by atoms with Gasteiger partial charge in [0, 0.05) is 18.2 Å². The Balaban J connectivity index is 2.68. The van der Waals surface area contributed by atoms with Gasteiger partial charge in [0.2, 0.25) is 0 Å². The van der Waals surface area contributed by atoms with Gasteiger partial charge in [-0.15, -0.1) is 0 Å². The molecule has 0 saturated heterocycles. The van der Waals surface area contributed by atoms with E-state index in [1.165, 1.54) is 6.07 Å². The number of nitriles is 1. The highest BCUT2D eigenvalue weighted by Gasteiger charge is 2.14. The number of pyridine rings is 1. The van der Waals surface area contributed by atoms with Gasteiger partial charge in [0.15, 0.2) is 5.88 Å². The van der Waals surface area contributed by atoms with Crippen molar-refractivity contribution in [1.82, 2.24) is 4.57 Å². The molecule has 0 bridgehead atoms. The summed E-state index contributed by atoms with van der Waals surface area (Å²) in [6, 6.07) is 10.3. The maximum Gasteiger partial charge on any atom is 0.271 e. The number of rotatable bonds is 3. The summed E-state index contributed by atoms with van der Waals surface area (Å²) in [6.07, 6.45) is 0. The van der Waals surface area contributed by atoms with E-state index in [-0.39, 0.29) is 11.4 Å². The molecule has 0 atom stereocenters. The summed E-state index contributed by atoms with van der Waals surface area (Å²) in [5.41, 5.74) is 0.635. The van der Waals surface area contributed by atoms with Crippen LogP contribution in [0.1, 0.15) is 12.5 Å². The fourth-order valence-corrected chi connectivity index (χ4v) is 2.05. The Kier molecular flexibility index (Phi) is 3.76. The van der Waals surface area contributed by atoms with Gasteiger partial charge >= 0.3 is 0 Å². The maximum atomic E-state index is 12.1. The average Bonchev–Trinajstić information content (AvgIpc) is 2.47. The van der Waals surface area contributed by atoms with E-state index in [0.717, 1.165) is 4.57 Å². The Hall–Kier alpha value is -2.74. The molecule has 2 rings (SSSR count). The van der Waals surface area contributed by atoms with Gasteiger partial charge in [-0.1, -0.05) is 12.1 Å². The number of aromatic hydroxyl groups is 1. The third-order valence-electron chi connectivity index (χ3n) is 3.11. The lowest BCUT2D eigenvalue weighted by molar-refractivity contribution is 0.411. The van der Waals surface area contributed by atoms with E-state index in [0.29, 0.717) is 23.4 Å². The highest BCUT2D eigenvalue weighted by molar-refractivity contribution is 5.71. The molecule has 2 aromatic rings. The molecule has 0 fully saturated rings. The molecule has 0 saturated carbocycles. The van der Waals surface area contributed by atoms with Crippen LogP contribution in [0, 0.1) is 11.3 Å². The first-order chi connectivity index (χ1) is 9.62. The Labute approximate surface area is 116 Å². The summed E-state index contributed by atoms with van der Waals surface area (Å²) in [6.45, 7) is 2.04. The molecule has 0 aliphatic carbocycles. The van der Waals surface area contributed by atoms with Crippen LogP contribution in [0.25, 0.3) is 11.1 Å². The monoisotopic (exact) mass is 270 g/mol. The molecule has 0 unspecified atom stereocenters. The molecule has 20 heavy (non-hydrogen) atoms. The minimum atomic E-state index is -0.485. The van der Waals surface area contributed by atoms with Crippen LogP contribution < -0.4 is 10.3 Å². The van der Waals surface area contributed by atoms with Crippen LogP contribution in [0.3, 0.4) is 0 Å². The van der Waals surface area contributed by atoms with Crippen molar-refractivity contribution in [1.29, 1.82) is 5.26 Å². The second kappa shape index (κ2) is 5.49. The molecule has 0 radical (unpaired) electrons. The van der Waals surface area contributed by atoms with E-state index in [2.05, 4.69) is 0 Å². The molecule has 5 heteroatoms. The fourth-order valence-electron chi connectivity index (χ4n) is 2.05. The van der Waals surface area contributed by atoms with Gasteiger partial charge in [-0.2, -0.15) is 5.26 Å². The van der Waals surface area contributed by atoms with Crippen LogP contribution in [0.15, 0.2) is 35.1 Å². The maximum absolute atomic E-state index is 12.1. The zero-order valence-corrected chi connectivity index (χ0v) is 11.3. The minimum absolute atomic E-state index is 0.0230. The molecule has 102 valence electrons. The third kappa shape index (κ3) is 2.24. The molecule has 0 spiro atoms. The number of methoxy groups -OCH3 is 1. The van der Waals surface area contributed by atoms with E-state index in [4.69, 9.17) is 4.74 Å². The summed E-state index contributed by atoms with van der Waals surface area (Å²) in [5, 5.41) is 19.1. The van der Waals surface area contributed by atoms with Gasteiger partial charge in [0.05, 0.1) is 7.11 Å². The summed E-state index contributed by atoms with van der Waals surface area (Å²) < 4.78 is 6.22. The Morgan fingerprint density at radius 3 is 2.50 bits per heavy atom. The first-order valence-electron chi connectivity index (χ1n) is 6.13. The molecule has 1 aromatic heterocycles. The number of hydrogen-bond donors (Lipinski definition) is 1. The number of ether oxygens (including phenoxy) is 1. The lowest BCUT2D eigenvalue weighted by Crippen LogP contribution is -2.22. The molecule has 0 aliphatic rings. The van der Waals surface area contributed by atoms with Crippen molar-refractivity contribution in [2.24, 2.45) is 0 Å². The summed E-state index contributed by atoms with van der Waals surface area (Å²) in [4.78, 5) is 12.1. The molecular formula is C15H14N2O3. The zero-order valence-electron chi connectivity index (χ0n) is 11.3. The molecular weight excluding hydrogens is 256 g/mol. The van der Waals surface area contributed by atoms with E-state index in [1.807, 2.05) is 6.07 Å². The Morgan fingerprint density at radius 1 is 1.35 bits per heavy atom. The van der Waals surface area contributed by atoms with Crippen molar-refractivity contribution in [3.63, 3.8) is 0 Å². The molecule has 0 amide bonds. The van der Waals surface area contributed by atoms with Crippen molar-refractivity contribution >= 4 is 0 Å². The van der Waals surface area contributed by atoms with Crippen LogP contribution in [0.2, 0.25) is 0 Å². The van der Waals surface area contributed by atoms with Gasteiger partial charge < -0.3 is 9.84 Å². The number of benzene rings is 1. The van der Waals surface area contributed by atoms with Crippen molar-refractivity contribution in [3.05, 3.63) is 46.2 Å². The second-order valence-electron chi connectivity index (χ2n) is 4.18. The zero-order chi connectivity index (χ0) is 14.7. The van der Waals surface area contributed by atoms with Crippen LogP contribution in [0.5, 0.6) is 11.6 Å². The van der Waals surface area contributed by atoms with Crippen molar-refractivity contribution in [3.8, 4) is 28.8 Å². The quantitative estimate of drug-likeness (QED) is 0.927. The van der Waals surface area contributed by atoms with Crippen molar-refractivity contribution in [2.75, 3.05) is 7.11 Å². The average molecular weight is 270 g/mol. The third-order valence-corrected chi connectivity index (χ3v) is 3.11. The lowest BCUT2D eigenvalue weighted by Gasteiger charge is -2.10. The predicted molar refractivity (Wildman–Crippen MR) is 74.7 cm³/mol. The molecule has 1 heterocycles. The topological polar surface area (TPSA) is 75.2 Å². The van der Waals surface area contributed by atoms with Crippen LogP contribution in [-0.4, -0.2) is 16.8 Å². The Morgan fingerprint density at radius 2 is 2.00 bits per heavy atom.